The summed E-state index contributed by atoms with van der Waals surface area (Å²) in [4.78, 5) is 0.130. The summed E-state index contributed by atoms with van der Waals surface area (Å²) in [5.41, 5.74) is 0.898. The van der Waals surface area contributed by atoms with E-state index in [4.69, 9.17) is 4.42 Å². The van der Waals surface area contributed by atoms with Gasteiger partial charge in [0.05, 0.1) is 10.2 Å². The second kappa shape index (κ2) is 5.22. The minimum atomic E-state index is -0.271. The highest BCUT2D eigenvalue weighted by Crippen LogP contribution is 2.33. The van der Waals surface area contributed by atoms with Crippen LogP contribution >= 0.6 is 15.9 Å². The number of rotatable bonds is 4. The van der Waals surface area contributed by atoms with E-state index in [1.54, 1.807) is 0 Å². The van der Waals surface area contributed by atoms with Crippen LogP contribution in [0.15, 0.2) is 34.7 Å². The molecule has 0 aliphatic rings. The van der Waals surface area contributed by atoms with Gasteiger partial charge in [-0.1, -0.05) is 53.2 Å². The lowest BCUT2D eigenvalue weighted by molar-refractivity contribution is 0.386. The van der Waals surface area contributed by atoms with E-state index in [-0.39, 0.29) is 10.2 Å². The minimum absolute atomic E-state index is 0.130. The second-order valence-electron chi connectivity index (χ2n) is 4.81. The van der Waals surface area contributed by atoms with Crippen molar-refractivity contribution in [1.29, 1.82) is 0 Å². The van der Waals surface area contributed by atoms with Crippen LogP contribution in [0.4, 0.5) is 0 Å². The molecule has 0 aliphatic carbocycles. The number of halogens is 1. The number of benzene rings is 1. The molecule has 3 nitrogen and oxygen atoms in total. The summed E-state index contributed by atoms with van der Waals surface area (Å²) in [7, 11) is 0. The Morgan fingerprint density at radius 3 is 2.50 bits per heavy atom. The van der Waals surface area contributed by atoms with Crippen molar-refractivity contribution in [2.24, 2.45) is 0 Å². The van der Waals surface area contributed by atoms with Gasteiger partial charge in [-0.05, 0) is 25.8 Å². The maximum atomic E-state index is 5.79. The van der Waals surface area contributed by atoms with Gasteiger partial charge in [0, 0.05) is 0 Å². The molecule has 1 atom stereocenters. The highest BCUT2D eigenvalue weighted by atomic mass is 79.9. The van der Waals surface area contributed by atoms with Crippen LogP contribution in [0.25, 0.3) is 0 Å². The minimum Gasteiger partial charge on any atom is -0.423 e. The molecule has 0 N–H and O–H groups in total. The SMILES string of the molecule is CCC(Br)c1nnc(C(C)(C)c2ccccc2)o1. The average Bonchev–Trinajstić information content (AvgIpc) is 2.89. The Bertz CT molecular complexity index is 508. The zero-order chi connectivity index (χ0) is 13.2. The van der Waals surface area contributed by atoms with E-state index in [0.717, 1.165) is 6.42 Å². The molecule has 0 amide bonds. The summed E-state index contributed by atoms with van der Waals surface area (Å²) in [6.45, 7) is 6.26. The predicted molar refractivity (Wildman–Crippen MR) is 74.8 cm³/mol. The Morgan fingerprint density at radius 1 is 1.22 bits per heavy atom. The molecule has 2 rings (SSSR count). The van der Waals surface area contributed by atoms with Gasteiger partial charge >= 0.3 is 0 Å². The Balaban J connectivity index is 2.33. The van der Waals surface area contributed by atoms with E-state index in [1.807, 2.05) is 18.2 Å². The van der Waals surface area contributed by atoms with E-state index in [0.29, 0.717) is 11.8 Å². The van der Waals surface area contributed by atoms with Gasteiger partial charge in [-0.15, -0.1) is 10.2 Å². The molecule has 0 aliphatic heterocycles. The van der Waals surface area contributed by atoms with Gasteiger partial charge in [-0.3, -0.25) is 0 Å². The van der Waals surface area contributed by atoms with E-state index in [9.17, 15) is 0 Å². The van der Waals surface area contributed by atoms with Crippen LogP contribution in [-0.2, 0) is 5.41 Å². The van der Waals surface area contributed by atoms with E-state index in [1.165, 1.54) is 5.56 Å². The number of nitrogens with zero attached hydrogens (tertiary/aromatic N) is 2. The fourth-order valence-electron chi connectivity index (χ4n) is 1.77. The van der Waals surface area contributed by atoms with Crippen molar-refractivity contribution in [2.75, 3.05) is 0 Å². The number of aromatic nitrogens is 2. The van der Waals surface area contributed by atoms with Gasteiger partial charge in [-0.25, -0.2) is 0 Å². The quantitative estimate of drug-likeness (QED) is 0.793. The maximum absolute atomic E-state index is 5.79. The van der Waals surface area contributed by atoms with Crippen LogP contribution in [0.5, 0.6) is 0 Å². The first-order valence-corrected chi connectivity index (χ1v) is 7.00. The summed E-state index contributed by atoms with van der Waals surface area (Å²) in [6.07, 6.45) is 0.924. The molecule has 2 aromatic rings. The molecule has 0 spiro atoms. The Morgan fingerprint density at radius 2 is 1.89 bits per heavy atom. The molecule has 1 aromatic heterocycles. The molecule has 0 saturated carbocycles. The molecule has 96 valence electrons. The van der Waals surface area contributed by atoms with Crippen LogP contribution in [0, 0.1) is 0 Å². The summed E-state index contributed by atoms with van der Waals surface area (Å²) in [5, 5.41) is 8.30. The summed E-state index contributed by atoms with van der Waals surface area (Å²) >= 11 is 3.52. The van der Waals surface area contributed by atoms with Crippen LogP contribution < -0.4 is 0 Å². The lowest BCUT2D eigenvalue weighted by Gasteiger charge is -2.20. The monoisotopic (exact) mass is 308 g/mol. The first kappa shape index (κ1) is 13.3. The summed E-state index contributed by atoms with van der Waals surface area (Å²) in [5.74, 6) is 1.30. The van der Waals surface area contributed by atoms with E-state index < -0.39 is 0 Å². The standard InChI is InChI=1S/C14H17BrN2O/c1-4-11(15)12-16-17-13(18-12)14(2,3)10-8-6-5-7-9-10/h5-9,11H,4H2,1-3H3. The van der Waals surface area contributed by atoms with Crippen LogP contribution in [0.1, 0.15) is 49.4 Å². The predicted octanol–water partition coefficient (Wildman–Crippen LogP) is 4.24. The first-order valence-electron chi connectivity index (χ1n) is 6.09. The van der Waals surface area contributed by atoms with Crippen molar-refractivity contribution in [2.45, 2.75) is 37.4 Å². The third-order valence-electron chi connectivity index (χ3n) is 3.10. The molecule has 0 saturated heterocycles. The molecule has 4 heteroatoms. The molecular formula is C14H17BrN2O. The Labute approximate surface area is 116 Å². The molecule has 1 heterocycles. The zero-order valence-corrected chi connectivity index (χ0v) is 12.4. The normalized spacial score (nSPS) is 13.6. The van der Waals surface area contributed by atoms with Gasteiger partial charge in [-0.2, -0.15) is 0 Å². The van der Waals surface area contributed by atoms with Gasteiger partial charge in [0.1, 0.15) is 0 Å². The van der Waals surface area contributed by atoms with Crippen molar-refractivity contribution in [3.05, 3.63) is 47.7 Å². The molecular weight excluding hydrogens is 292 g/mol. The fourth-order valence-corrected chi connectivity index (χ4v) is 1.95. The van der Waals surface area contributed by atoms with Gasteiger partial charge in [0.2, 0.25) is 11.8 Å². The van der Waals surface area contributed by atoms with Gasteiger partial charge < -0.3 is 4.42 Å². The molecule has 0 fully saturated rings. The highest BCUT2D eigenvalue weighted by Gasteiger charge is 2.30. The van der Waals surface area contributed by atoms with Gasteiger partial charge in [0.25, 0.3) is 0 Å². The lowest BCUT2D eigenvalue weighted by atomic mass is 9.85. The second-order valence-corrected chi connectivity index (χ2v) is 5.92. The van der Waals surface area contributed by atoms with Crippen LogP contribution in [0.2, 0.25) is 0 Å². The topological polar surface area (TPSA) is 38.9 Å². The third-order valence-corrected chi connectivity index (χ3v) is 4.14. The number of alkyl halides is 1. The summed E-state index contributed by atoms with van der Waals surface area (Å²) in [6, 6.07) is 10.2. The summed E-state index contributed by atoms with van der Waals surface area (Å²) < 4.78 is 5.79. The maximum Gasteiger partial charge on any atom is 0.230 e. The molecule has 18 heavy (non-hydrogen) atoms. The lowest BCUT2D eigenvalue weighted by Crippen LogP contribution is -2.19. The van der Waals surface area contributed by atoms with Gasteiger partial charge in [0.15, 0.2) is 0 Å². The molecule has 1 aromatic carbocycles. The molecule has 1 unspecified atom stereocenters. The fraction of sp³-hybridized carbons (Fsp3) is 0.429. The van der Waals surface area contributed by atoms with Crippen molar-refractivity contribution in [1.82, 2.24) is 10.2 Å². The number of hydrogen-bond acceptors (Lipinski definition) is 3. The van der Waals surface area contributed by atoms with Crippen molar-refractivity contribution >= 4 is 15.9 Å². The molecule has 0 radical (unpaired) electrons. The Hall–Kier alpha value is -1.16. The largest absolute Gasteiger partial charge is 0.423 e. The van der Waals surface area contributed by atoms with E-state index >= 15 is 0 Å². The highest BCUT2D eigenvalue weighted by molar-refractivity contribution is 9.09. The van der Waals surface area contributed by atoms with Crippen molar-refractivity contribution in [3.8, 4) is 0 Å². The average molecular weight is 309 g/mol. The third kappa shape index (κ3) is 2.48. The Kier molecular flexibility index (Phi) is 3.85. The molecule has 0 bridgehead atoms. The zero-order valence-electron chi connectivity index (χ0n) is 10.9. The van der Waals surface area contributed by atoms with Crippen LogP contribution in [0.3, 0.4) is 0 Å². The van der Waals surface area contributed by atoms with Crippen molar-refractivity contribution in [3.63, 3.8) is 0 Å². The number of hydrogen-bond donors (Lipinski definition) is 0. The first-order chi connectivity index (χ1) is 8.55. The smallest absolute Gasteiger partial charge is 0.230 e. The van der Waals surface area contributed by atoms with Crippen molar-refractivity contribution < 1.29 is 4.42 Å². The van der Waals surface area contributed by atoms with Crippen LogP contribution in [-0.4, -0.2) is 10.2 Å². The van der Waals surface area contributed by atoms with E-state index in [2.05, 4.69) is 59.0 Å².